The van der Waals surface area contributed by atoms with Crippen molar-refractivity contribution in [1.82, 2.24) is 9.80 Å². The van der Waals surface area contributed by atoms with Crippen LogP contribution in [0.25, 0.3) is 0 Å². The second-order valence-electron chi connectivity index (χ2n) is 7.25. The molecule has 0 radical (unpaired) electrons. The summed E-state index contributed by atoms with van der Waals surface area (Å²) in [5.41, 5.74) is 0.00339. The summed E-state index contributed by atoms with van der Waals surface area (Å²) < 4.78 is 13.7. The molecule has 0 atom stereocenters. The van der Waals surface area contributed by atoms with E-state index >= 15 is 0 Å². The van der Waals surface area contributed by atoms with E-state index in [4.69, 9.17) is 0 Å². The third-order valence-electron chi connectivity index (χ3n) is 5.35. The number of aliphatic hydroxyl groups is 1. The summed E-state index contributed by atoms with van der Waals surface area (Å²) in [6.07, 6.45) is 3.49. The lowest BCUT2D eigenvalue weighted by Crippen LogP contribution is -2.51. The second kappa shape index (κ2) is 7.12. The summed E-state index contributed by atoms with van der Waals surface area (Å²) in [5.74, 6) is -0.636. The molecule has 0 unspecified atom stereocenters. The molecule has 1 aliphatic carbocycles. The maximum atomic E-state index is 13.7. The first-order chi connectivity index (χ1) is 11.9. The highest BCUT2D eigenvalue weighted by Gasteiger charge is 2.35. The van der Waals surface area contributed by atoms with Gasteiger partial charge in [0.2, 0.25) is 5.91 Å². The highest BCUT2D eigenvalue weighted by Crippen LogP contribution is 2.32. The maximum absolute atomic E-state index is 13.7. The van der Waals surface area contributed by atoms with E-state index < -0.39 is 5.60 Å². The van der Waals surface area contributed by atoms with Gasteiger partial charge in [-0.2, -0.15) is 0 Å². The number of carbonyl (C=O) groups is 2. The number of rotatable bonds is 3. The van der Waals surface area contributed by atoms with E-state index in [1.807, 2.05) is 0 Å². The van der Waals surface area contributed by atoms with E-state index in [-0.39, 0.29) is 24.1 Å². The molecule has 25 heavy (non-hydrogen) atoms. The SMILES string of the molecule is Cc1ccc(C(=O)N2CCN(C(=O)CC3(O)CCCC3)CC2)cc1F. The Morgan fingerprint density at radius 2 is 1.72 bits per heavy atom. The average molecular weight is 348 g/mol. The number of hydrogen-bond donors (Lipinski definition) is 1. The standard InChI is InChI=1S/C19H25FN2O3/c1-14-4-5-15(12-16(14)20)18(24)22-10-8-21(9-11-22)17(23)13-19(25)6-2-3-7-19/h4-5,12,25H,2-3,6-11,13H2,1H3. The Bertz CT molecular complexity index is 663. The molecule has 5 nitrogen and oxygen atoms in total. The Hall–Kier alpha value is -1.95. The molecule has 0 spiro atoms. The van der Waals surface area contributed by atoms with Crippen LogP contribution in [0, 0.1) is 12.7 Å². The molecule has 1 heterocycles. The number of piperazine rings is 1. The lowest BCUT2D eigenvalue weighted by atomic mass is 9.97. The number of nitrogens with zero attached hydrogens (tertiary/aromatic N) is 2. The Kier molecular flexibility index (Phi) is 5.08. The number of carbonyl (C=O) groups excluding carboxylic acids is 2. The van der Waals surface area contributed by atoms with Crippen LogP contribution in [0.5, 0.6) is 0 Å². The molecule has 1 N–H and O–H groups in total. The molecule has 2 aliphatic rings. The first-order valence-corrected chi connectivity index (χ1v) is 8.94. The van der Waals surface area contributed by atoms with E-state index in [2.05, 4.69) is 0 Å². The topological polar surface area (TPSA) is 60.9 Å². The third kappa shape index (κ3) is 4.00. The van der Waals surface area contributed by atoms with Gasteiger partial charge in [0, 0.05) is 31.7 Å². The minimum atomic E-state index is -0.844. The molecule has 1 aliphatic heterocycles. The molecular formula is C19H25FN2O3. The first-order valence-electron chi connectivity index (χ1n) is 8.94. The van der Waals surface area contributed by atoms with Gasteiger partial charge in [0.1, 0.15) is 5.82 Å². The second-order valence-corrected chi connectivity index (χ2v) is 7.25. The molecule has 2 amide bonds. The van der Waals surface area contributed by atoms with Gasteiger partial charge in [0.15, 0.2) is 0 Å². The molecular weight excluding hydrogens is 323 g/mol. The van der Waals surface area contributed by atoms with Gasteiger partial charge in [-0.25, -0.2) is 4.39 Å². The van der Waals surface area contributed by atoms with Gasteiger partial charge in [0.25, 0.3) is 5.91 Å². The van der Waals surface area contributed by atoms with Crippen LogP contribution in [-0.2, 0) is 4.79 Å². The van der Waals surface area contributed by atoms with Crippen LogP contribution in [-0.4, -0.2) is 58.5 Å². The zero-order chi connectivity index (χ0) is 18.0. The third-order valence-corrected chi connectivity index (χ3v) is 5.35. The van der Waals surface area contributed by atoms with Crippen LogP contribution >= 0.6 is 0 Å². The Labute approximate surface area is 147 Å². The average Bonchev–Trinajstić information content (AvgIpc) is 3.03. The largest absolute Gasteiger partial charge is 0.389 e. The molecule has 1 aromatic carbocycles. The number of hydrogen-bond acceptors (Lipinski definition) is 3. The van der Waals surface area contributed by atoms with Crippen LogP contribution < -0.4 is 0 Å². The van der Waals surface area contributed by atoms with Gasteiger partial charge in [-0.05, 0) is 37.5 Å². The quantitative estimate of drug-likeness (QED) is 0.910. The van der Waals surface area contributed by atoms with Gasteiger partial charge in [-0.1, -0.05) is 18.9 Å². The molecule has 0 bridgehead atoms. The first kappa shape index (κ1) is 17.9. The Balaban J connectivity index is 1.55. The van der Waals surface area contributed by atoms with Crippen molar-refractivity contribution in [2.75, 3.05) is 26.2 Å². The summed E-state index contributed by atoms with van der Waals surface area (Å²) in [6, 6.07) is 4.50. The maximum Gasteiger partial charge on any atom is 0.254 e. The summed E-state index contributed by atoms with van der Waals surface area (Å²) in [6.45, 7) is 3.42. The van der Waals surface area contributed by atoms with Crippen molar-refractivity contribution in [3.05, 3.63) is 35.1 Å². The monoisotopic (exact) mass is 348 g/mol. The molecule has 1 aromatic rings. The molecule has 6 heteroatoms. The predicted molar refractivity (Wildman–Crippen MR) is 91.7 cm³/mol. The van der Waals surface area contributed by atoms with Crippen molar-refractivity contribution in [3.8, 4) is 0 Å². The zero-order valence-electron chi connectivity index (χ0n) is 14.6. The van der Waals surface area contributed by atoms with Gasteiger partial charge in [0.05, 0.1) is 12.0 Å². The number of aryl methyl sites for hydroxylation is 1. The van der Waals surface area contributed by atoms with Crippen LogP contribution in [0.15, 0.2) is 18.2 Å². The fourth-order valence-electron chi connectivity index (χ4n) is 3.67. The van der Waals surface area contributed by atoms with E-state index in [0.29, 0.717) is 50.1 Å². The van der Waals surface area contributed by atoms with Crippen molar-refractivity contribution in [2.45, 2.75) is 44.6 Å². The van der Waals surface area contributed by atoms with E-state index in [9.17, 15) is 19.1 Å². The predicted octanol–water partition coefficient (Wildman–Crippen LogP) is 2.11. The molecule has 1 saturated carbocycles. The summed E-state index contributed by atoms with van der Waals surface area (Å²) in [7, 11) is 0. The molecule has 2 fully saturated rings. The van der Waals surface area contributed by atoms with E-state index in [1.165, 1.54) is 6.07 Å². The van der Waals surface area contributed by atoms with E-state index in [0.717, 1.165) is 12.8 Å². The highest BCUT2D eigenvalue weighted by atomic mass is 19.1. The van der Waals surface area contributed by atoms with Crippen LogP contribution in [0.1, 0.15) is 48.0 Å². The van der Waals surface area contributed by atoms with Crippen molar-refractivity contribution >= 4 is 11.8 Å². The fraction of sp³-hybridized carbons (Fsp3) is 0.579. The van der Waals surface area contributed by atoms with Crippen molar-refractivity contribution in [3.63, 3.8) is 0 Å². The van der Waals surface area contributed by atoms with Crippen LogP contribution in [0.3, 0.4) is 0 Å². The van der Waals surface area contributed by atoms with E-state index in [1.54, 1.807) is 28.9 Å². The fourth-order valence-corrected chi connectivity index (χ4v) is 3.67. The normalized spacial score (nSPS) is 20.0. The minimum absolute atomic E-state index is 0.0436. The van der Waals surface area contributed by atoms with Gasteiger partial charge in [-0.15, -0.1) is 0 Å². The summed E-state index contributed by atoms with van der Waals surface area (Å²) in [5, 5.41) is 10.4. The number of benzene rings is 1. The zero-order valence-corrected chi connectivity index (χ0v) is 14.6. The smallest absolute Gasteiger partial charge is 0.254 e. The van der Waals surface area contributed by atoms with Gasteiger partial charge < -0.3 is 14.9 Å². The summed E-state index contributed by atoms with van der Waals surface area (Å²) >= 11 is 0. The van der Waals surface area contributed by atoms with Crippen molar-refractivity contribution in [1.29, 1.82) is 0 Å². The number of amides is 2. The van der Waals surface area contributed by atoms with Crippen molar-refractivity contribution in [2.24, 2.45) is 0 Å². The summed E-state index contributed by atoms with van der Waals surface area (Å²) in [4.78, 5) is 28.3. The molecule has 3 rings (SSSR count). The molecule has 0 aromatic heterocycles. The molecule has 1 saturated heterocycles. The van der Waals surface area contributed by atoms with Gasteiger partial charge >= 0.3 is 0 Å². The lowest BCUT2D eigenvalue weighted by Gasteiger charge is -2.36. The number of halogens is 1. The molecule has 136 valence electrons. The van der Waals surface area contributed by atoms with Crippen molar-refractivity contribution < 1.29 is 19.1 Å². The van der Waals surface area contributed by atoms with Crippen LogP contribution in [0.4, 0.5) is 4.39 Å². The Morgan fingerprint density at radius 1 is 1.12 bits per heavy atom. The van der Waals surface area contributed by atoms with Gasteiger partial charge in [-0.3, -0.25) is 9.59 Å². The lowest BCUT2D eigenvalue weighted by molar-refractivity contribution is -0.137. The Morgan fingerprint density at radius 3 is 2.32 bits per heavy atom. The van der Waals surface area contributed by atoms with Crippen LogP contribution in [0.2, 0.25) is 0 Å². The highest BCUT2D eigenvalue weighted by molar-refractivity contribution is 5.94. The minimum Gasteiger partial charge on any atom is -0.389 e.